The summed E-state index contributed by atoms with van der Waals surface area (Å²) in [6.45, 7) is 1.21. The number of halogens is 1. The summed E-state index contributed by atoms with van der Waals surface area (Å²) in [5.41, 5.74) is 8.90. The second kappa shape index (κ2) is 7.80. The number of nitrogens with two attached hydrogens (primary N) is 1. The Morgan fingerprint density at radius 2 is 2.22 bits per heavy atom. The lowest BCUT2D eigenvalue weighted by Gasteiger charge is -2.16. The minimum Gasteiger partial charge on any atom is -0.347 e. The van der Waals surface area contributed by atoms with E-state index in [1.54, 1.807) is 18.6 Å². The molecule has 1 aliphatic heterocycles. The van der Waals surface area contributed by atoms with Crippen molar-refractivity contribution in [2.24, 2.45) is 5.73 Å². The maximum Gasteiger partial charge on any atom is 0.261 e. The molecule has 140 valence electrons. The zero-order valence-electron chi connectivity index (χ0n) is 14.7. The summed E-state index contributed by atoms with van der Waals surface area (Å²) in [4.78, 5) is 18.7. The average Bonchev–Trinajstić information content (AvgIpc) is 3.21. The highest BCUT2D eigenvalue weighted by molar-refractivity contribution is 7.14. The highest BCUT2D eigenvalue weighted by atomic mass is 35.5. The SMILES string of the molecule is NCC(Cc1ccncc1)NC(=O)c1cc2c(s1)CCCn1ncc(Cl)c1-2. The fourth-order valence-corrected chi connectivity index (χ4v) is 4.72. The second-order valence-corrected chi connectivity index (χ2v) is 8.12. The van der Waals surface area contributed by atoms with Crippen LogP contribution in [0.15, 0.2) is 36.8 Å². The normalized spacial score (nSPS) is 14.1. The summed E-state index contributed by atoms with van der Waals surface area (Å²) >= 11 is 7.87. The van der Waals surface area contributed by atoms with Crippen LogP contribution < -0.4 is 11.1 Å². The van der Waals surface area contributed by atoms with Gasteiger partial charge in [-0.2, -0.15) is 5.10 Å². The van der Waals surface area contributed by atoms with E-state index < -0.39 is 0 Å². The maximum atomic E-state index is 12.8. The van der Waals surface area contributed by atoms with Crippen LogP contribution >= 0.6 is 22.9 Å². The van der Waals surface area contributed by atoms with Gasteiger partial charge in [-0.1, -0.05) is 11.6 Å². The van der Waals surface area contributed by atoms with Gasteiger partial charge in [0, 0.05) is 42.0 Å². The molecule has 4 rings (SSSR count). The first-order valence-electron chi connectivity index (χ1n) is 8.90. The number of rotatable bonds is 5. The lowest BCUT2D eigenvalue weighted by Crippen LogP contribution is -2.41. The van der Waals surface area contributed by atoms with Crippen LogP contribution in [0.3, 0.4) is 0 Å². The molecule has 1 atom stereocenters. The molecule has 3 aromatic heterocycles. The topological polar surface area (TPSA) is 85.8 Å². The van der Waals surface area contributed by atoms with Gasteiger partial charge in [0.25, 0.3) is 5.91 Å². The molecule has 0 aliphatic carbocycles. The van der Waals surface area contributed by atoms with E-state index >= 15 is 0 Å². The number of pyridine rings is 1. The molecule has 1 aliphatic rings. The molecule has 0 saturated heterocycles. The van der Waals surface area contributed by atoms with Gasteiger partial charge in [0.1, 0.15) is 0 Å². The van der Waals surface area contributed by atoms with Gasteiger partial charge < -0.3 is 11.1 Å². The van der Waals surface area contributed by atoms with E-state index in [0.29, 0.717) is 22.9 Å². The van der Waals surface area contributed by atoms with Gasteiger partial charge >= 0.3 is 0 Å². The average molecular weight is 402 g/mol. The van der Waals surface area contributed by atoms with Crippen LogP contribution in [0.2, 0.25) is 5.02 Å². The summed E-state index contributed by atoms with van der Waals surface area (Å²) in [6, 6.07) is 5.67. The summed E-state index contributed by atoms with van der Waals surface area (Å²) in [5.74, 6) is -0.0974. The van der Waals surface area contributed by atoms with Gasteiger partial charge in [0.05, 0.1) is 21.8 Å². The van der Waals surface area contributed by atoms with Crippen molar-refractivity contribution in [2.75, 3.05) is 6.54 Å². The first-order valence-corrected chi connectivity index (χ1v) is 10.1. The molecular formula is C19H20ClN5OS. The van der Waals surface area contributed by atoms with Gasteiger partial charge in [-0.05, 0) is 43.0 Å². The molecule has 0 fully saturated rings. The first kappa shape index (κ1) is 18.2. The largest absolute Gasteiger partial charge is 0.347 e. The summed E-state index contributed by atoms with van der Waals surface area (Å²) in [6.07, 6.45) is 7.73. The molecule has 27 heavy (non-hydrogen) atoms. The Kier molecular flexibility index (Phi) is 5.24. The van der Waals surface area contributed by atoms with Crippen LogP contribution in [0, 0.1) is 0 Å². The summed E-state index contributed by atoms with van der Waals surface area (Å²) in [7, 11) is 0. The van der Waals surface area contributed by atoms with Crippen molar-refractivity contribution in [1.29, 1.82) is 0 Å². The monoisotopic (exact) mass is 401 g/mol. The van der Waals surface area contributed by atoms with E-state index in [1.165, 1.54) is 16.2 Å². The number of hydrogen-bond acceptors (Lipinski definition) is 5. The number of thiophene rings is 1. The first-order chi connectivity index (χ1) is 13.2. The molecular weight excluding hydrogens is 382 g/mol. The predicted molar refractivity (Wildman–Crippen MR) is 107 cm³/mol. The van der Waals surface area contributed by atoms with E-state index in [1.807, 2.05) is 22.9 Å². The van der Waals surface area contributed by atoms with E-state index in [2.05, 4.69) is 15.4 Å². The van der Waals surface area contributed by atoms with Crippen molar-refractivity contribution in [3.63, 3.8) is 0 Å². The molecule has 4 heterocycles. The quantitative estimate of drug-likeness (QED) is 0.688. The Balaban J connectivity index is 1.55. The third-order valence-electron chi connectivity index (χ3n) is 4.71. The van der Waals surface area contributed by atoms with E-state index in [0.717, 1.165) is 36.2 Å². The zero-order valence-corrected chi connectivity index (χ0v) is 16.3. The second-order valence-electron chi connectivity index (χ2n) is 6.58. The Labute approximate surface area is 166 Å². The van der Waals surface area contributed by atoms with Crippen molar-refractivity contribution in [3.05, 3.63) is 57.1 Å². The van der Waals surface area contributed by atoms with Crippen molar-refractivity contribution < 1.29 is 4.79 Å². The molecule has 8 heteroatoms. The molecule has 1 amide bonds. The van der Waals surface area contributed by atoms with Gasteiger partial charge in [0.2, 0.25) is 0 Å². The zero-order chi connectivity index (χ0) is 18.8. The Morgan fingerprint density at radius 3 is 3.00 bits per heavy atom. The number of carbonyl (C=O) groups excluding carboxylic acids is 1. The van der Waals surface area contributed by atoms with Crippen molar-refractivity contribution in [3.8, 4) is 11.3 Å². The number of hydrogen-bond donors (Lipinski definition) is 2. The highest BCUT2D eigenvalue weighted by Gasteiger charge is 2.24. The number of fused-ring (bicyclic) bond motifs is 3. The molecule has 0 saturated carbocycles. The fourth-order valence-electron chi connectivity index (χ4n) is 3.37. The van der Waals surface area contributed by atoms with Crippen molar-refractivity contribution >= 4 is 28.8 Å². The summed E-state index contributed by atoms with van der Waals surface area (Å²) in [5, 5.41) is 8.03. The molecule has 0 aromatic carbocycles. The van der Waals surface area contributed by atoms with E-state index in [4.69, 9.17) is 17.3 Å². The Bertz CT molecular complexity index is 952. The minimum absolute atomic E-state index is 0.0974. The standard InChI is InChI=1S/C19H20ClN5OS/c20-15-11-23-25-7-1-2-16-14(18(15)25)9-17(27-16)19(26)24-13(10-21)8-12-3-5-22-6-4-12/h3-6,9,11,13H,1-2,7-8,10,21H2,(H,24,26). The van der Waals surface area contributed by atoms with Crippen LogP contribution in [0.25, 0.3) is 11.3 Å². The number of aryl methyl sites for hydroxylation is 2. The van der Waals surface area contributed by atoms with Gasteiger partial charge in [-0.3, -0.25) is 14.5 Å². The summed E-state index contributed by atoms with van der Waals surface area (Å²) < 4.78 is 1.93. The fraction of sp³-hybridized carbons (Fsp3) is 0.316. The predicted octanol–water partition coefficient (Wildman–Crippen LogP) is 2.91. The van der Waals surface area contributed by atoms with E-state index in [-0.39, 0.29) is 11.9 Å². The van der Waals surface area contributed by atoms with Crippen LogP contribution in [0.5, 0.6) is 0 Å². The molecule has 3 N–H and O–H groups in total. The molecule has 6 nitrogen and oxygen atoms in total. The number of aromatic nitrogens is 3. The van der Waals surface area contributed by atoms with E-state index in [9.17, 15) is 4.79 Å². The molecule has 0 bridgehead atoms. The van der Waals surface area contributed by atoms with Crippen LogP contribution in [0.4, 0.5) is 0 Å². The van der Waals surface area contributed by atoms with Crippen molar-refractivity contribution in [1.82, 2.24) is 20.1 Å². The van der Waals surface area contributed by atoms with Crippen LogP contribution in [-0.2, 0) is 19.4 Å². The molecule has 3 aromatic rings. The molecule has 0 spiro atoms. The lowest BCUT2D eigenvalue weighted by atomic mass is 10.1. The number of nitrogens with zero attached hydrogens (tertiary/aromatic N) is 3. The van der Waals surface area contributed by atoms with Gasteiger partial charge in [-0.25, -0.2) is 0 Å². The molecule has 0 radical (unpaired) electrons. The smallest absolute Gasteiger partial charge is 0.261 e. The van der Waals surface area contributed by atoms with Gasteiger partial charge in [0.15, 0.2) is 0 Å². The molecule has 1 unspecified atom stereocenters. The highest BCUT2D eigenvalue weighted by Crippen LogP contribution is 2.38. The van der Waals surface area contributed by atoms with Gasteiger partial charge in [-0.15, -0.1) is 11.3 Å². The maximum absolute atomic E-state index is 12.8. The third kappa shape index (κ3) is 3.76. The minimum atomic E-state index is -0.129. The van der Waals surface area contributed by atoms with Crippen LogP contribution in [-0.4, -0.2) is 33.3 Å². The third-order valence-corrected chi connectivity index (χ3v) is 6.18. The number of nitrogens with one attached hydrogen (secondary N) is 1. The number of carbonyl (C=O) groups is 1. The lowest BCUT2D eigenvalue weighted by molar-refractivity contribution is 0.0942. The Hall–Kier alpha value is -2.22. The van der Waals surface area contributed by atoms with Crippen molar-refractivity contribution in [2.45, 2.75) is 31.8 Å². The Morgan fingerprint density at radius 1 is 1.41 bits per heavy atom. The van der Waals surface area contributed by atoms with Crippen LogP contribution in [0.1, 0.15) is 26.5 Å². The number of amides is 1.